The van der Waals surface area contributed by atoms with Gasteiger partial charge in [0.25, 0.3) is 0 Å². The van der Waals surface area contributed by atoms with Gasteiger partial charge in [0.15, 0.2) is 0 Å². The molecule has 1 heterocycles. The highest BCUT2D eigenvalue weighted by Gasteiger charge is 2.29. The Hall–Kier alpha value is -3.64. The van der Waals surface area contributed by atoms with Gasteiger partial charge in [-0.2, -0.15) is 4.72 Å². The highest BCUT2D eigenvalue weighted by molar-refractivity contribution is 7.89. The first kappa shape index (κ1) is 26.4. The highest BCUT2D eigenvalue weighted by Crippen LogP contribution is 2.32. The number of nitrogens with zero attached hydrogens (tertiary/aromatic N) is 1. The Morgan fingerprint density at radius 3 is 2.59 bits per heavy atom. The van der Waals surface area contributed by atoms with Crippen LogP contribution in [0, 0.1) is 0 Å². The third-order valence-corrected chi connectivity index (χ3v) is 7.17. The van der Waals surface area contributed by atoms with Crippen LogP contribution in [0.5, 0.6) is 5.75 Å². The van der Waals surface area contributed by atoms with Crippen molar-refractivity contribution in [3.05, 3.63) is 71.8 Å². The lowest BCUT2D eigenvalue weighted by atomic mass is 10.1. The summed E-state index contributed by atoms with van der Waals surface area (Å²) in [7, 11) is -2.55. The number of amidine groups is 1. The summed E-state index contributed by atoms with van der Waals surface area (Å²) < 4.78 is 34.7. The molecule has 1 aliphatic heterocycles. The first-order valence-electron chi connectivity index (χ1n) is 11.2. The third-order valence-electron chi connectivity index (χ3n) is 5.41. The SMILES string of the molecule is COc1ccc(Cl)c(NC2=Nc3ccccc3NC2NS(=O)(=O)c2cccc(NC(=O)C(C)(C)N)c2)c1. The second kappa shape index (κ2) is 10.4. The number of hydrogen-bond donors (Lipinski definition) is 5. The topological polar surface area (TPSA) is 147 Å². The molecule has 3 aromatic carbocycles. The molecule has 0 fully saturated rings. The Labute approximate surface area is 220 Å². The maximum absolute atomic E-state index is 13.4. The molecule has 1 amide bonds. The van der Waals surface area contributed by atoms with Gasteiger partial charge in [0.1, 0.15) is 17.8 Å². The predicted octanol–water partition coefficient (Wildman–Crippen LogP) is 3.90. The van der Waals surface area contributed by atoms with Crippen molar-refractivity contribution < 1.29 is 17.9 Å². The number of carbonyl (C=O) groups excluding carboxylic acids is 1. The van der Waals surface area contributed by atoms with Crippen LogP contribution in [0.25, 0.3) is 0 Å². The fraction of sp³-hybridized carbons (Fsp3) is 0.200. The molecule has 12 heteroatoms. The molecule has 0 radical (unpaired) electrons. The first-order valence-corrected chi connectivity index (χ1v) is 13.1. The summed E-state index contributed by atoms with van der Waals surface area (Å²) in [6, 6.07) is 18.2. The number of nitrogens with one attached hydrogen (secondary N) is 4. The monoisotopic (exact) mass is 542 g/mol. The quantitative estimate of drug-likeness (QED) is 0.304. The number of rotatable bonds is 7. The molecule has 1 aliphatic rings. The largest absolute Gasteiger partial charge is 0.497 e. The van der Waals surface area contributed by atoms with E-state index in [-0.39, 0.29) is 10.7 Å². The molecule has 0 aromatic heterocycles. The molecule has 10 nitrogen and oxygen atoms in total. The van der Waals surface area contributed by atoms with Gasteiger partial charge in [-0.1, -0.05) is 29.8 Å². The zero-order valence-electron chi connectivity index (χ0n) is 20.4. The van der Waals surface area contributed by atoms with E-state index in [0.29, 0.717) is 33.5 Å². The minimum Gasteiger partial charge on any atom is -0.497 e. The van der Waals surface area contributed by atoms with E-state index in [0.717, 1.165) is 0 Å². The number of benzene rings is 3. The summed E-state index contributed by atoms with van der Waals surface area (Å²) in [5, 5.41) is 9.32. The van der Waals surface area contributed by atoms with E-state index in [4.69, 9.17) is 22.1 Å². The number of para-hydroxylation sites is 2. The van der Waals surface area contributed by atoms with Gasteiger partial charge in [-0.25, -0.2) is 13.4 Å². The smallest absolute Gasteiger partial charge is 0.243 e. The number of fused-ring (bicyclic) bond motifs is 1. The van der Waals surface area contributed by atoms with E-state index in [9.17, 15) is 13.2 Å². The van der Waals surface area contributed by atoms with Crippen molar-refractivity contribution in [2.75, 3.05) is 23.1 Å². The van der Waals surface area contributed by atoms with Crippen LogP contribution >= 0.6 is 11.6 Å². The average Bonchev–Trinajstić information content (AvgIpc) is 2.85. The van der Waals surface area contributed by atoms with Crippen molar-refractivity contribution in [2.24, 2.45) is 10.7 Å². The lowest BCUT2D eigenvalue weighted by Crippen LogP contribution is -2.50. The Balaban J connectivity index is 1.64. The number of anilines is 3. The number of hydrogen-bond acceptors (Lipinski definition) is 8. The van der Waals surface area contributed by atoms with Gasteiger partial charge in [-0.15, -0.1) is 0 Å². The molecule has 0 saturated carbocycles. The van der Waals surface area contributed by atoms with Gasteiger partial charge in [0.05, 0.1) is 39.6 Å². The zero-order chi connectivity index (χ0) is 26.8. The summed E-state index contributed by atoms with van der Waals surface area (Å²) in [5.74, 6) is 0.384. The highest BCUT2D eigenvalue weighted by atomic mass is 35.5. The standard InChI is InChI=1S/C25H27ClN6O4S/c1-25(2,27)24(33)28-15-7-6-8-17(13-15)37(34,35)32-23-22(29-19-9-4-5-10-20(19)30-23)31-21-14-16(36-3)11-12-18(21)26/h4-14,23,30,32H,27H2,1-3H3,(H,28,33)(H,29,31). The third kappa shape index (κ3) is 6.20. The number of methoxy groups -OCH3 is 1. The summed E-state index contributed by atoms with van der Waals surface area (Å²) in [6.07, 6.45) is -0.969. The zero-order valence-corrected chi connectivity index (χ0v) is 21.9. The van der Waals surface area contributed by atoms with Crippen molar-refractivity contribution in [3.8, 4) is 5.75 Å². The molecule has 1 atom stereocenters. The number of nitrogens with two attached hydrogens (primary N) is 1. The molecule has 0 saturated heterocycles. The molecule has 1 unspecified atom stereocenters. The van der Waals surface area contributed by atoms with Gasteiger partial charge in [-0.3, -0.25) is 4.79 Å². The van der Waals surface area contributed by atoms with E-state index in [1.54, 1.807) is 50.2 Å². The molecule has 0 bridgehead atoms. The first-order chi connectivity index (χ1) is 17.5. The Morgan fingerprint density at radius 2 is 1.86 bits per heavy atom. The normalized spacial score (nSPS) is 15.2. The van der Waals surface area contributed by atoms with Crippen molar-refractivity contribution >= 4 is 56.1 Å². The summed E-state index contributed by atoms with van der Waals surface area (Å²) >= 11 is 6.36. The van der Waals surface area contributed by atoms with Gasteiger partial charge in [0.2, 0.25) is 15.9 Å². The van der Waals surface area contributed by atoms with Gasteiger partial charge < -0.3 is 26.4 Å². The molecule has 0 spiro atoms. The number of ether oxygens (including phenoxy) is 1. The summed E-state index contributed by atoms with van der Waals surface area (Å²) in [5.41, 5.74) is 6.74. The van der Waals surface area contributed by atoms with Crippen LogP contribution in [0.1, 0.15) is 13.8 Å². The van der Waals surface area contributed by atoms with Gasteiger partial charge in [-0.05, 0) is 56.3 Å². The van der Waals surface area contributed by atoms with Crippen LogP contribution in [0.2, 0.25) is 5.02 Å². The molecular formula is C25H27ClN6O4S. The Bertz CT molecular complexity index is 1470. The van der Waals surface area contributed by atoms with Crippen LogP contribution in [0.15, 0.2) is 76.6 Å². The average molecular weight is 543 g/mol. The van der Waals surface area contributed by atoms with Crippen molar-refractivity contribution in [2.45, 2.75) is 30.4 Å². The summed E-state index contributed by atoms with van der Waals surface area (Å²) in [6.45, 7) is 3.11. The minimum atomic E-state index is -4.08. The second-order valence-electron chi connectivity index (χ2n) is 8.89. The maximum Gasteiger partial charge on any atom is 0.243 e. The Kier molecular flexibility index (Phi) is 7.42. The predicted molar refractivity (Wildman–Crippen MR) is 146 cm³/mol. The Morgan fingerprint density at radius 1 is 1.11 bits per heavy atom. The number of carbonyl (C=O) groups is 1. The molecule has 194 valence electrons. The minimum absolute atomic E-state index is 0.0560. The fourth-order valence-corrected chi connectivity index (χ4v) is 4.74. The van der Waals surface area contributed by atoms with Crippen LogP contribution in [-0.2, 0) is 14.8 Å². The maximum atomic E-state index is 13.4. The number of aliphatic imine (C=N–C) groups is 1. The second-order valence-corrected chi connectivity index (χ2v) is 11.0. The lowest BCUT2D eigenvalue weighted by molar-refractivity contribution is -0.120. The van der Waals surface area contributed by atoms with E-state index in [2.05, 4.69) is 25.7 Å². The van der Waals surface area contributed by atoms with E-state index >= 15 is 0 Å². The van der Waals surface area contributed by atoms with E-state index < -0.39 is 27.6 Å². The van der Waals surface area contributed by atoms with Crippen molar-refractivity contribution in [1.82, 2.24) is 4.72 Å². The fourth-order valence-electron chi connectivity index (χ4n) is 3.42. The van der Waals surface area contributed by atoms with Crippen LogP contribution in [0.4, 0.5) is 22.7 Å². The van der Waals surface area contributed by atoms with Crippen LogP contribution in [-0.4, -0.2) is 39.0 Å². The molecule has 4 rings (SSSR count). The number of amides is 1. The number of halogens is 1. The molecule has 3 aromatic rings. The van der Waals surface area contributed by atoms with Crippen molar-refractivity contribution in [1.29, 1.82) is 0 Å². The molecule has 6 N–H and O–H groups in total. The van der Waals surface area contributed by atoms with E-state index in [1.165, 1.54) is 25.3 Å². The number of sulfonamides is 1. The molecule has 37 heavy (non-hydrogen) atoms. The van der Waals surface area contributed by atoms with Crippen LogP contribution in [0.3, 0.4) is 0 Å². The molecular weight excluding hydrogens is 516 g/mol. The van der Waals surface area contributed by atoms with Gasteiger partial charge >= 0.3 is 0 Å². The van der Waals surface area contributed by atoms with Crippen LogP contribution < -0.4 is 31.1 Å². The lowest BCUT2D eigenvalue weighted by Gasteiger charge is -2.28. The summed E-state index contributed by atoms with van der Waals surface area (Å²) in [4.78, 5) is 16.8. The van der Waals surface area contributed by atoms with Crippen molar-refractivity contribution in [3.63, 3.8) is 0 Å². The molecule has 0 aliphatic carbocycles. The van der Waals surface area contributed by atoms with E-state index in [1.807, 2.05) is 12.1 Å². The van der Waals surface area contributed by atoms with Gasteiger partial charge in [0, 0.05) is 11.8 Å².